The first-order valence-corrected chi connectivity index (χ1v) is 7.29. The third-order valence-corrected chi connectivity index (χ3v) is 4.21. The Morgan fingerprint density at radius 3 is 2.85 bits per heavy atom. The van der Waals surface area contributed by atoms with Gasteiger partial charge in [0, 0.05) is 16.6 Å². The molecule has 0 spiro atoms. The number of methoxy groups -OCH3 is 1. The van der Waals surface area contributed by atoms with E-state index in [1.165, 1.54) is 17.5 Å². The van der Waals surface area contributed by atoms with Crippen molar-refractivity contribution in [2.45, 2.75) is 25.3 Å². The van der Waals surface area contributed by atoms with Crippen LogP contribution in [-0.2, 0) is 6.42 Å². The fourth-order valence-corrected chi connectivity index (χ4v) is 3.08. The van der Waals surface area contributed by atoms with Crippen LogP contribution in [0.15, 0.2) is 36.4 Å². The maximum atomic E-state index is 6.24. The lowest BCUT2D eigenvalue weighted by molar-refractivity contribution is 0.416. The predicted molar refractivity (Wildman–Crippen MR) is 83.3 cm³/mol. The standard InChI is InChI=1S/C17H18ClNO/c1-20-17-8-7-13(18)10-15(17)12-6-5-11-3-2-4-16(19)14(11)9-12/h5-10,16H,2-4,19H2,1H3. The second-order valence-electron chi connectivity index (χ2n) is 5.26. The number of fused-ring (bicyclic) bond motifs is 1. The molecule has 0 saturated heterocycles. The molecule has 0 heterocycles. The zero-order valence-corrected chi connectivity index (χ0v) is 12.3. The highest BCUT2D eigenvalue weighted by Crippen LogP contribution is 2.36. The fraction of sp³-hybridized carbons (Fsp3) is 0.294. The number of nitrogens with two attached hydrogens (primary N) is 1. The summed E-state index contributed by atoms with van der Waals surface area (Å²) in [5.74, 6) is 0.832. The van der Waals surface area contributed by atoms with Gasteiger partial charge in [-0.25, -0.2) is 0 Å². The van der Waals surface area contributed by atoms with E-state index in [0.29, 0.717) is 5.02 Å². The number of rotatable bonds is 2. The van der Waals surface area contributed by atoms with Crippen molar-refractivity contribution in [1.29, 1.82) is 0 Å². The molecule has 104 valence electrons. The second kappa shape index (κ2) is 5.47. The van der Waals surface area contributed by atoms with Crippen molar-refractivity contribution in [2.24, 2.45) is 5.73 Å². The summed E-state index contributed by atoms with van der Waals surface area (Å²) in [6.07, 6.45) is 3.35. The van der Waals surface area contributed by atoms with Gasteiger partial charge in [0.2, 0.25) is 0 Å². The third kappa shape index (κ3) is 2.41. The summed E-state index contributed by atoms with van der Waals surface area (Å²) < 4.78 is 5.44. The van der Waals surface area contributed by atoms with Crippen LogP contribution in [0, 0.1) is 0 Å². The molecule has 2 N–H and O–H groups in total. The number of hydrogen-bond donors (Lipinski definition) is 1. The molecule has 1 atom stereocenters. The lowest BCUT2D eigenvalue weighted by atomic mass is 9.86. The first-order chi connectivity index (χ1) is 9.69. The minimum absolute atomic E-state index is 0.142. The molecule has 2 nitrogen and oxygen atoms in total. The summed E-state index contributed by atoms with van der Waals surface area (Å²) in [5.41, 5.74) is 11.0. The van der Waals surface area contributed by atoms with E-state index in [-0.39, 0.29) is 6.04 Å². The van der Waals surface area contributed by atoms with Crippen LogP contribution in [-0.4, -0.2) is 7.11 Å². The molecule has 0 aliphatic heterocycles. The van der Waals surface area contributed by atoms with Crippen molar-refractivity contribution < 1.29 is 4.74 Å². The van der Waals surface area contributed by atoms with Gasteiger partial charge in [-0.15, -0.1) is 0 Å². The molecular formula is C17H18ClNO. The van der Waals surface area contributed by atoms with Gasteiger partial charge in [-0.2, -0.15) is 0 Å². The third-order valence-electron chi connectivity index (χ3n) is 3.98. The van der Waals surface area contributed by atoms with E-state index in [4.69, 9.17) is 22.1 Å². The Morgan fingerprint density at radius 1 is 1.20 bits per heavy atom. The second-order valence-corrected chi connectivity index (χ2v) is 5.69. The van der Waals surface area contributed by atoms with Crippen LogP contribution in [0.3, 0.4) is 0 Å². The van der Waals surface area contributed by atoms with Crippen molar-refractivity contribution in [3.05, 3.63) is 52.5 Å². The van der Waals surface area contributed by atoms with Gasteiger partial charge in [-0.05, 0) is 60.2 Å². The Morgan fingerprint density at radius 2 is 2.05 bits per heavy atom. The molecular weight excluding hydrogens is 270 g/mol. The first-order valence-electron chi connectivity index (χ1n) is 6.91. The van der Waals surface area contributed by atoms with Gasteiger partial charge in [0.15, 0.2) is 0 Å². The quantitative estimate of drug-likeness (QED) is 0.891. The molecule has 1 aliphatic rings. The number of hydrogen-bond acceptors (Lipinski definition) is 2. The van der Waals surface area contributed by atoms with Crippen molar-refractivity contribution in [1.82, 2.24) is 0 Å². The van der Waals surface area contributed by atoms with Crippen LogP contribution in [0.4, 0.5) is 0 Å². The molecule has 0 saturated carbocycles. The molecule has 20 heavy (non-hydrogen) atoms. The molecule has 2 aromatic rings. The van der Waals surface area contributed by atoms with Gasteiger partial charge < -0.3 is 10.5 Å². The number of ether oxygens (including phenoxy) is 1. The summed E-state index contributed by atoms with van der Waals surface area (Å²) in [4.78, 5) is 0. The monoisotopic (exact) mass is 287 g/mol. The van der Waals surface area contributed by atoms with Crippen LogP contribution < -0.4 is 10.5 Å². The summed E-state index contributed by atoms with van der Waals surface area (Å²) in [5, 5.41) is 0.711. The molecule has 2 aromatic carbocycles. The maximum absolute atomic E-state index is 6.24. The van der Waals surface area contributed by atoms with Crippen LogP contribution in [0.5, 0.6) is 5.75 Å². The Hall–Kier alpha value is -1.51. The number of aryl methyl sites for hydroxylation is 1. The molecule has 0 aromatic heterocycles. The largest absolute Gasteiger partial charge is 0.496 e. The van der Waals surface area contributed by atoms with Crippen LogP contribution >= 0.6 is 11.6 Å². The van der Waals surface area contributed by atoms with Gasteiger partial charge in [-0.3, -0.25) is 0 Å². The Bertz CT molecular complexity index is 639. The van der Waals surface area contributed by atoms with Gasteiger partial charge in [0.25, 0.3) is 0 Å². The van der Waals surface area contributed by atoms with E-state index in [1.54, 1.807) is 7.11 Å². The van der Waals surface area contributed by atoms with Crippen molar-refractivity contribution in [3.63, 3.8) is 0 Å². The van der Waals surface area contributed by atoms with E-state index in [0.717, 1.165) is 29.7 Å². The molecule has 0 bridgehead atoms. The number of benzene rings is 2. The van der Waals surface area contributed by atoms with Crippen LogP contribution in [0.2, 0.25) is 5.02 Å². The first kappa shape index (κ1) is 13.5. The average molecular weight is 288 g/mol. The average Bonchev–Trinajstić information content (AvgIpc) is 2.47. The van der Waals surface area contributed by atoms with E-state index >= 15 is 0 Å². The van der Waals surface area contributed by atoms with Gasteiger partial charge in [0.1, 0.15) is 5.75 Å². The Labute approximate surface area is 124 Å². The number of halogens is 1. The summed E-state index contributed by atoms with van der Waals surface area (Å²) in [6, 6.07) is 12.3. The Kier molecular flexibility index (Phi) is 3.68. The van der Waals surface area contributed by atoms with E-state index < -0.39 is 0 Å². The van der Waals surface area contributed by atoms with E-state index in [2.05, 4.69) is 18.2 Å². The molecule has 0 radical (unpaired) electrons. The predicted octanol–water partition coefficient (Wildman–Crippen LogP) is 4.35. The fourth-order valence-electron chi connectivity index (χ4n) is 2.91. The molecule has 1 aliphatic carbocycles. The topological polar surface area (TPSA) is 35.2 Å². The smallest absolute Gasteiger partial charge is 0.126 e. The van der Waals surface area contributed by atoms with E-state index in [9.17, 15) is 0 Å². The van der Waals surface area contributed by atoms with Gasteiger partial charge >= 0.3 is 0 Å². The highest BCUT2D eigenvalue weighted by atomic mass is 35.5. The van der Waals surface area contributed by atoms with Crippen LogP contribution in [0.25, 0.3) is 11.1 Å². The minimum Gasteiger partial charge on any atom is -0.496 e. The lowest BCUT2D eigenvalue weighted by Gasteiger charge is -2.23. The van der Waals surface area contributed by atoms with Crippen molar-refractivity contribution in [2.75, 3.05) is 7.11 Å². The van der Waals surface area contributed by atoms with Crippen LogP contribution in [0.1, 0.15) is 30.0 Å². The summed E-state index contributed by atoms with van der Waals surface area (Å²) >= 11 is 6.12. The lowest BCUT2D eigenvalue weighted by Crippen LogP contribution is -2.17. The zero-order chi connectivity index (χ0) is 14.1. The van der Waals surface area contributed by atoms with Gasteiger partial charge in [-0.1, -0.05) is 23.7 Å². The van der Waals surface area contributed by atoms with Crippen molar-refractivity contribution >= 4 is 11.6 Å². The maximum Gasteiger partial charge on any atom is 0.126 e. The highest BCUT2D eigenvalue weighted by molar-refractivity contribution is 6.31. The molecule has 0 fully saturated rings. The molecule has 0 amide bonds. The molecule has 1 unspecified atom stereocenters. The van der Waals surface area contributed by atoms with E-state index in [1.807, 2.05) is 18.2 Å². The van der Waals surface area contributed by atoms with Crippen molar-refractivity contribution in [3.8, 4) is 16.9 Å². The van der Waals surface area contributed by atoms with Gasteiger partial charge in [0.05, 0.1) is 7.11 Å². The summed E-state index contributed by atoms with van der Waals surface area (Å²) in [7, 11) is 1.68. The molecule has 3 heteroatoms. The Balaban J connectivity index is 2.11. The zero-order valence-electron chi connectivity index (χ0n) is 11.5. The minimum atomic E-state index is 0.142. The highest BCUT2D eigenvalue weighted by Gasteiger charge is 2.18. The summed E-state index contributed by atoms with van der Waals surface area (Å²) in [6.45, 7) is 0. The normalized spacial score (nSPS) is 17.6. The molecule has 3 rings (SSSR count). The SMILES string of the molecule is COc1ccc(Cl)cc1-c1ccc2c(c1)C(N)CCC2.